The van der Waals surface area contributed by atoms with Crippen molar-refractivity contribution in [1.82, 2.24) is 15.1 Å². The van der Waals surface area contributed by atoms with Crippen LogP contribution >= 0.6 is 0 Å². The van der Waals surface area contributed by atoms with E-state index in [2.05, 4.69) is 20.0 Å². The monoisotopic (exact) mass is 304 g/mol. The van der Waals surface area contributed by atoms with Crippen molar-refractivity contribution in [2.45, 2.75) is 26.1 Å². The number of ether oxygens (including phenoxy) is 2. The molecule has 0 radical (unpaired) electrons. The molecule has 3 heterocycles. The SMILES string of the molecule is COCC1CN(c2ncccc2-c2nc(C)no2)CC(C)O1. The highest BCUT2D eigenvalue weighted by Gasteiger charge is 2.28. The van der Waals surface area contributed by atoms with Crippen LogP contribution in [0.4, 0.5) is 5.82 Å². The van der Waals surface area contributed by atoms with Gasteiger partial charge >= 0.3 is 0 Å². The second-order valence-electron chi connectivity index (χ2n) is 5.45. The Kier molecular flexibility index (Phi) is 4.35. The minimum atomic E-state index is 0.0213. The average Bonchev–Trinajstić information content (AvgIpc) is 2.93. The molecule has 0 saturated carbocycles. The molecule has 1 aliphatic heterocycles. The van der Waals surface area contributed by atoms with Crippen LogP contribution in [-0.4, -0.2) is 54.1 Å². The molecule has 0 bridgehead atoms. The molecule has 0 amide bonds. The van der Waals surface area contributed by atoms with E-state index in [0.29, 0.717) is 18.3 Å². The lowest BCUT2D eigenvalue weighted by molar-refractivity contribution is -0.0512. The van der Waals surface area contributed by atoms with Crippen LogP contribution in [0, 0.1) is 6.92 Å². The zero-order valence-corrected chi connectivity index (χ0v) is 13.0. The predicted molar refractivity (Wildman–Crippen MR) is 80.7 cm³/mol. The number of hydrogen-bond donors (Lipinski definition) is 0. The Morgan fingerprint density at radius 1 is 1.41 bits per heavy atom. The zero-order chi connectivity index (χ0) is 15.5. The molecular weight excluding hydrogens is 284 g/mol. The normalized spacial score (nSPS) is 22.0. The molecule has 2 unspecified atom stereocenters. The van der Waals surface area contributed by atoms with Gasteiger partial charge < -0.3 is 18.9 Å². The van der Waals surface area contributed by atoms with Gasteiger partial charge in [-0.05, 0) is 26.0 Å². The topological polar surface area (TPSA) is 73.5 Å². The summed E-state index contributed by atoms with van der Waals surface area (Å²) in [4.78, 5) is 11.0. The van der Waals surface area contributed by atoms with Crippen LogP contribution < -0.4 is 4.90 Å². The van der Waals surface area contributed by atoms with E-state index >= 15 is 0 Å². The molecule has 1 saturated heterocycles. The molecule has 7 nitrogen and oxygen atoms in total. The van der Waals surface area contributed by atoms with E-state index in [1.54, 1.807) is 20.2 Å². The van der Waals surface area contributed by atoms with Gasteiger partial charge in [-0.1, -0.05) is 5.16 Å². The highest BCUT2D eigenvalue weighted by Crippen LogP contribution is 2.29. The molecule has 2 aromatic heterocycles. The maximum Gasteiger partial charge on any atom is 0.261 e. The summed E-state index contributed by atoms with van der Waals surface area (Å²) >= 11 is 0. The summed E-state index contributed by atoms with van der Waals surface area (Å²) in [6.07, 6.45) is 1.90. The summed E-state index contributed by atoms with van der Waals surface area (Å²) in [5.74, 6) is 1.93. The van der Waals surface area contributed by atoms with Crippen molar-refractivity contribution >= 4 is 5.82 Å². The smallest absolute Gasteiger partial charge is 0.261 e. The fraction of sp³-hybridized carbons (Fsp3) is 0.533. The fourth-order valence-corrected chi connectivity index (χ4v) is 2.72. The third-order valence-electron chi connectivity index (χ3n) is 3.52. The van der Waals surface area contributed by atoms with Gasteiger partial charge in [0.05, 0.1) is 24.4 Å². The Morgan fingerprint density at radius 2 is 2.27 bits per heavy atom. The van der Waals surface area contributed by atoms with Crippen molar-refractivity contribution in [2.24, 2.45) is 0 Å². The first-order valence-corrected chi connectivity index (χ1v) is 7.32. The van der Waals surface area contributed by atoms with Crippen LogP contribution in [0.5, 0.6) is 0 Å². The van der Waals surface area contributed by atoms with Gasteiger partial charge in [0.25, 0.3) is 5.89 Å². The van der Waals surface area contributed by atoms with Crippen LogP contribution in [0.25, 0.3) is 11.5 Å². The molecule has 118 valence electrons. The van der Waals surface area contributed by atoms with Gasteiger partial charge in [-0.15, -0.1) is 0 Å². The van der Waals surface area contributed by atoms with Gasteiger partial charge in [0.15, 0.2) is 5.82 Å². The van der Waals surface area contributed by atoms with Crippen molar-refractivity contribution in [3.05, 3.63) is 24.2 Å². The van der Waals surface area contributed by atoms with E-state index < -0.39 is 0 Å². The van der Waals surface area contributed by atoms with E-state index in [-0.39, 0.29) is 12.2 Å². The van der Waals surface area contributed by atoms with Gasteiger partial charge in [-0.2, -0.15) is 4.98 Å². The maximum absolute atomic E-state index is 5.88. The number of rotatable bonds is 4. The summed E-state index contributed by atoms with van der Waals surface area (Å²) in [7, 11) is 1.68. The number of anilines is 1. The molecule has 0 spiro atoms. The first-order chi connectivity index (χ1) is 10.7. The van der Waals surface area contributed by atoms with Crippen LogP contribution in [0.15, 0.2) is 22.9 Å². The van der Waals surface area contributed by atoms with E-state index in [9.17, 15) is 0 Å². The van der Waals surface area contributed by atoms with Crippen molar-refractivity contribution in [2.75, 3.05) is 31.7 Å². The van der Waals surface area contributed by atoms with Gasteiger partial charge in [0.2, 0.25) is 0 Å². The number of pyridine rings is 1. The summed E-state index contributed by atoms with van der Waals surface area (Å²) in [6.45, 7) is 5.89. The van der Waals surface area contributed by atoms with Crippen LogP contribution in [0.3, 0.4) is 0 Å². The van der Waals surface area contributed by atoms with Gasteiger partial charge in [-0.25, -0.2) is 4.98 Å². The second kappa shape index (κ2) is 6.41. The van der Waals surface area contributed by atoms with E-state index in [1.807, 2.05) is 19.1 Å². The average molecular weight is 304 g/mol. The molecular formula is C15H20N4O3. The van der Waals surface area contributed by atoms with E-state index in [1.165, 1.54) is 0 Å². The predicted octanol–water partition coefficient (Wildman–Crippen LogP) is 1.68. The number of aromatic nitrogens is 3. The molecule has 1 aliphatic rings. The number of methoxy groups -OCH3 is 1. The van der Waals surface area contributed by atoms with Gasteiger partial charge in [-0.3, -0.25) is 0 Å². The third-order valence-corrected chi connectivity index (χ3v) is 3.52. The van der Waals surface area contributed by atoms with Gasteiger partial charge in [0.1, 0.15) is 5.82 Å². The highest BCUT2D eigenvalue weighted by atomic mass is 16.5. The lowest BCUT2D eigenvalue weighted by Gasteiger charge is -2.37. The lowest BCUT2D eigenvalue weighted by atomic mass is 10.1. The highest BCUT2D eigenvalue weighted by molar-refractivity contribution is 5.69. The van der Waals surface area contributed by atoms with E-state index in [4.69, 9.17) is 14.0 Å². The van der Waals surface area contributed by atoms with Crippen molar-refractivity contribution < 1.29 is 14.0 Å². The Labute approximate surface area is 129 Å². The van der Waals surface area contributed by atoms with Crippen LogP contribution in [0.2, 0.25) is 0 Å². The Hall–Kier alpha value is -1.99. The molecule has 0 aliphatic carbocycles. The number of aryl methyl sites for hydroxylation is 1. The van der Waals surface area contributed by atoms with Crippen molar-refractivity contribution in [3.8, 4) is 11.5 Å². The molecule has 1 fully saturated rings. The molecule has 7 heteroatoms. The Bertz CT molecular complexity index is 631. The number of morpholine rings is 1. The zero-order valence-electron chi connectivity index (χ0n) is 13.0. The second-order valence-corrected chi connectivity index (χ2v) is 5.45. The Balaban J connectivity index is 1.91. The lowest BCUT2D eigenvalue weighted by Crippen LogP contribution is -2.48. The summed E-state index contributed by atoms with van der Waals surface area (Å²) in [5, 5.41) is 3.86. The first-order valence-electron chi connectivity index (χ1n) is 7.32. The van der Waals surface area contributed by atoms with Crippen molar-refractivity contribution in [1.29, 1.82) is 0 Å². The molecule has 2 atom stereocenters. The summed E-state index contributed by atoms with van der Waals surface area (Å²) < 4.78 is 16.4. The maximum atomic E-state index is 5.88. The number of nitrogens with zero attached hydrogens (tertiary/aromatic N) is 4. The Morgan fingerprint density at radius 3 is 3.00 bits per heavy atom. The summed E-state index contributed by atoms with van der Waals surface area (Å²) in [5.41, 5.74) is 0.841. The quantitative estimate of drug-likeness (QED) is 0.850. The minimum Gasteiger partial charge on any atom is -0.382 e. The van der Waals surface area contributed by atoms with Gasteiger partial charge in [0, 0.05) is 26.4 Å². The summed E-state index contributed by atoms with van der Waals surface area (Å²) in [6, 6.07) is 3.82. The first kappa shape index (κ1) is 14.9. The largest absolute Gasteiger partial charge is 0.382 e. The van der Waals surface area contributed by atoms with E-state index in [0.717, 1.165) is 24.5 Å². The number of hydrogen-bond acceptors (Lipinski definition) is 7. The molecule has 22 heavy (non-hydrogen) atoms. The minimum absolute atomic E-state index is 0.0213. The molecule has 2 aromatic rings. The van der Waals surface area contributed by atoms with Crippen LogP contribution in [0.1, 0.15) is 12.7 Å². The fourth-order valence-electron chi connectivity index (χ4n) is 2.72. The third kappa shape index (κ3) is 3.10. The van der Waals surface area contributed by atoms with Crippen LogP contribution in [-0.2, 0) is 9.47 Å². The molecule has 3 rings (SSSR count). The van der Waals surface area contributed by atoms with Crippen molar-refractivity contribution in [3.63, 3.8) is 0 Å². The molecule has 0 N–H and O–H groups in total. The standard InChI is InChI=1S/C15H20N4O3/c1-10-7-19(8-12(21-10)9-20-3)14-13(5-4-6-16-14)15-17-11(2)18-22-15/h4-6,10,12H,7-9H2,1-3H3. The molecule has 0 aromatic carbocycles.